The van der Waals surface area contributed by atoms with Gasteiger partial charge < -0.3 is 5.32 Å². The highest BCUT2D eigenvalue weighted by Gasteiger charge is 2.16. The van der Waals surface area contributed by atoms with E-state index in [9.17, 15) is 0 Å². The van der Waals surface area contributed by atoms with Gasteiger partial charge in [0.1, 0.15) is 5.82 Å². The van der Waals surface area contributed by atoms with Gasteiger partial charge in [0.15, 0.2) is 5.82 Å². The van der Waals surface area contributed by atoms with Crippen molar-refractivity contribution in [2.24, 2.45) is 0 Å². The average molecular weight is 329 g/mol. The van der Waals surface area contributed by atoms with Crippen molar-refractivity contribution in [1.82, 2.24) is 19.6 Å². The fourth-order valence-electron chi connectivity index (χ4n) is 2.96. The Morgan fingerprint density at radius 2 is 1.60 bits per heavy atom. The molecule has 0 aliphatic carbocycles. The second kappa shape index (κ2) is 6.36. The summed E-state index contributed by atoms with van der Waals surface area (Å²) in [6.45, 7) is 4.15. The van der Waals surface area contributed by atoms with Gasteiger partial charge in [0.25, 0.3) is 5.78 Å². The van der Waals surface area contributed by atoms with Gasteiger partial charge in [-0.3, -0.25) is 0 Å². The Labute approximate surface area is 146 Å². The Bertz CT molecular complexity index is 1010. The van der Waals surface area contributed by atoms with Crippen molar-refractivity contribution in [1.29, 1.82) is 0 Å². The number of fused-ring (bicyclic) bond motifs is 1. The predicted octanol–water partition coefficient (Wildman–Crippen LogP) is 4.41. The number of rotatable bonds is 4. The summed E-state index contributed by atoms with van der Waals surface area (Å²) in [5.74, 6) is 2.20. The summed E-state index contributed by atoms with van der Waals surface area (Å²) >= 11 is 0. The molecule has 124 valence electrons. The average Bonchev–Trinajstić information content (AvgIpc) is 3.07. The molecule has 5 heteroatoms. The lowest BCUT2D eigenvalue weighted by Gasteiger charge is -2.14. The maximum absolute atomic E-state index is 4.71. The number of para-hydroxylation sites is 1. The molecule has 0 aliphatic heterocycles. The summed E-state index contributed by atoms with van der Waals surface area (Å²) < 4.78 is 1.81. The number of nitrogens with zero attached hydrogens (tertiary/aromatic N) is 4. The van der Waals surface area contributed by atoms with E-state index in [1.165, 1.54) is 0 Å². The van der Waals surface area contributed by atoms with Crippen molar-refractivity contribution in [2.45, 2.75) is 20.3 Å². The molecule has 0 bridgehead atoms. The Morgan fingerprint density at radius 3 is 2.28 bits per heavy atom. The van der Waals surface area contributed by atoms with Crippen molar-refractivity contribution >= 4 is 17.3 Å². The van der Waals surface area contributed by atoms with Crippen LogP contribution in [0.25, 0.3) is 17.2 Å². The highest BCUT2D eigenvalue weighted by molar-refractivity contribution is 5.65. The SMILES string of the molecule is CCc1c(C)nc2nc(-c3ccccc3)nn2c1Nc1ccccc1. The van der Waals surface area contributed by atoms with Crippen molar-refractivity contribution in [3.8, 4) is 11.4 Å². The lowest BCUT2D eigenvalue weighted by molar-refractivity contribution is 0.905. The molecule has 2 aromatic carbocycles. The van der Waals surface area contributed by atoms with E-state index >= 15 is 0 Å². The molecule has 0 amide bonds. The van der Waals surface area contributed by atoms with Gasteiger partial charge in [-0.05, 0) is 25.5 Å². The first-order valence-electron chi connectivity index (χ1n) is 8.40. The van der Waals surface area contributed by atoms with Crippen LogP contribution in [-0.4, -0.2) is 19.6 Å². The second-order valence-electron chi connectivity index (χ2n) is 5.88. The largest absolute Gasteiger partial charge is 0.340 e. The highest BCUT2D eigenvalue weighted by atomic mass is 15.4. The van der Waals surface area contributed by atoms with Crippen LogP contribution in [0.4, 0.5) is 11.5 Å². The first-order chi connectivity index (χ1) is 12.3. The number of aromatic nitrogens is 4. The van der Waals surface area contributed by atoms with E-state index in [1.807, 2.05) is 67.6 Å². The molecule has 0 atom stereocenters. The Hall–Kier alpha value is -3.21. The van der Waals surface area contributed by atoms with Gasteiger partial charge in [-0.2, -0.15) is 9.50 Å². The summed E-state index contributed by atoms with van der Waals surface area (Å²) in [5, 5.41) is 8.20. The van der Waals surface area contributed by atoms with Gasteiger partial charge in [0.05, 0.1) is 0 Å². The van der Waals surface area contributed by atoms with Gasteiger partial charge in [-0.25, -0.2) is 4.98 Å². The molecule has 2 aromatic heterocycles. The maximum Gasteiger partial charge on any atom is 0.254 e. The first-order valence-corrected chi connectivity index (χ1v) is 8.40. The van der Waals surface area contributed by atoms with Gasteiger partial charge in [0.2, 0.25) is 0 Å². The van der Waals surface area contributed by atoms with Crippen LogP contribution < -0.4 is 5.32 Å². The van der Waals surface area contributed by atoms with Gasteiger partial charge >= 0.3 is 0 Å². The summed E-state index contributed by atoms with van der Waals surface area (Å²) in [5.41, 5.74) is 4.11. The van der Waals surface area contributed by atoms with Crippen LogP contribution in [0.3, 0.4) is 0 Å². The van der Waals surface area contributed by atoms with Crippen LogP contribution in [0.5, 0.6) is 0 Å². The molecule has 4 rings (SSSR count). The fourth-order valence-corrected chi connectivity index (χ4v) is 2.96. The van der Waals surface area contributed by atoms with Crippen LogP contribution in [0.15, 0.2) is 60.7 Å². The zero-order chi connectivity index (χ0) is 17.2. The van der Waals surface area contributed by atoms with Gasteiger partial charge in [-0.15, -0.1) is 5.10 Å². The highest BCUT2D eigenvalue weighted by Crippen LogP contribution is 2.25. The van der Waals surface area contributed by atoms with E-state index in [2.05, 4.69) is 22.2 Å². The molecule has 25 heavy (non-hydrogen) atoms. The molecule has 0 saturated heterocycles. The topological polar surface area (TPSA) is 55.1 Å². The predicted molar refractivity (Wildman–Crippen MR) is 100 cm³/mol. The molecule has 0 saturated carbocycles. The Balaban J connectivity index is 1.90. The minimum atomic E-state index is 0.604. The van der Waals surface area contributed by atoms with Crippen LogP contribution in [-0.2, 0) is 6.42 Å². The molecule has 1 N–H and O–H groups in total. The molecule has 0 radical (unpaired) electrons. The smallest absolute Gasteiger partial charge is 0.254 e. The minimum Gasteiger partial charge on any atom is -0.340 e. The summed E-state index contributed by atoms with van der Waals surface area (Å²) in [7, 11) is 0. The van der Waals surface area contributed by atoms with Crippen LogP contribution in [0.1, 0.15) is 18.2 Å². The molecular weight excluding hydrogens is 310 g/mol. The number of aryl methyl sites for hydroxylation is 1. The summed E-state index contributed by atoms with van der Waals surface area (Å²) in [4.78, 5) is 9.27. The molecule has 0 fully saturated rings. The summed E-state index contributed by atoms with van der Waals surface area (Å²) in [6.07, 6.45) is 0.866. The Morgan fingerprint density at radius 1 is 0.920 bits per heavy atom. The monoisotopic (exact) mass is 329 g/mol. The zero-order valence-corrected chi connectivity index (χ0v) is 14.3. The summed E-state index contributed by atoms with van der Waals surface area (Å²) in [6, 6.07) is 20.1. The van der Waals surface area contributed by atoms with E-state index in [0.29, 0.717) is 11.6 Å². The molecule has 0 aliphatic rings. The number of anilines is 2. The van der Waals surface area contributed by atoms with E-state index in [0.717, 1.165) is 34.7 Å². The number of nitrogens with one attached hydrogen (secondary N) is 1. The van der Waals surface area contributed by atoms with Crippen molar-refractivity contribution < 1.29 is 0 Å². The Kier molecular flexibility index (Phi) is 3.90. The third-order valence-corrected chi connectivity index (χ3v) is 4.21. The van der Waals surface area contributed by atoms with Crippen molar-refractivity contribution in [3.05, 3.63) is 71.9 Å². The normalized spacial score (nSPS) is 11.0. The zero-order valence-electron chi connectivity index (χ0n) is 14.3. The number of hydrogen-bond acceptors (Lipinski definition) is 4. The van der Waals surface area contributed by atoms with Crippen LogP contribution in [0, 0.1) is 6.92 Å². The molecule has 5 nitrogen and oxygen atoms in total. The third-order valence-electron chi connectivity index (χ3n) is 4.21. The van der Waals surface area contributed by atoms with E-state index < -0.39 is 0 Å². The minimum absolute atomic E-state index is 0.604. The number of benzene rings is 2. The van der Waals surface area contributed by atoms with E-state index in [-0.39, 0.29) is 0 Å². The van der Waals surface area contributed by atoms with Crippen LogP contribution >= 0.6 is 0 Å². The fraction of sp³-hybridized carbons (Fsp3) is 0.150. The second-order valence-corrected chi connectivity index (χ2v) is 5.88. The van der Waals surface area contributed by atoms with Gasteiger partial charge in [0, 0.05) is 22.5 Å². The lowest BCUT2D eigenvalue weighted by atomic mass is 10.1. The van der Waals surface area contributed by atoms with Crippen molar-refractivity contribution in [3.63, 3.8) is 0 Å². The first kappa shape index (κ1) is 15.3. The van der Waals surface area contributed by atoms with Crippen LogP contribution in [0.2, 0.25) is 0 Å². The lowest BCUT2D eigenvalue weighted by Crippen LogP contribution is -2.08. The molecule has 4 aromatic rings. The van der Waals surface area contributed by atoms with Crippen molar-refractivity contribution in [2.75, 3.05) is 5.32 Å². The molecule has 0 spiro atoms. The molecule has 2 heterocycles. The number of hydrogen-bond donors (Lipinski definition) is 1. The van der Waals surface area contributed by atoms with E-state index in [4.69, 9.17) is 5.10 Å². The molecular formula is C20H19N5. The maximum atomic E-state index is 4.71. The van der Waals surface area contributed by atoms with Gasteiger partial charge in [-0.1, -0.05) is 55.5 Å². The molecule has 0 unspecified atom stereocenters. The standard InChI is InChI=1S/C20H19N5/c1-3-17-14(2)21-20-23-18(15-10-6-4-7-11-15)24-25(20)19(17)22-16-12-8-5-9-13-16/h4-13,22H,3H2,1-2H3. The quantitative estimate of drug-likeness (QED) is 0.603. The third kappa shape index (κ3) is 2.85. The van der Waals surface area contributed by atoms with E-state index in [1.54, 1.807) is 4.52 Å².